The molecule has 0 saturated carbocycles. The van der Waals surface area contributed by atoms with E-state index < -0.39 is 24.0 Å². The molecule has 0 aromatic heterocycles. The molecule has 4 aromatic carbocycles. The van der Waals surface area contributed by atoms with E-state index in [9.17, 15) is 19.8 Å². The summed E-state index contributed by atoms with van der Waals surface area (Å²) in [5.74, 6) is -0.657. The minimum absolute atomic E-state index is 0.0242. The second-order valence-corrected chi connectivity index (χ2v) is 9.20. The number of amides is 1. The van der Waals surface area contributed by atoms with Gasteiger partial charge in [0.2, 0.25) is 5.91 Å². The molecule has 0 radical (unpaired) electrons. The molecule has 9 nitrogen and oxygen atoms in total. The molecule has 1 amide bonds. The van der Waals surface area contributed by atoms with Gasteiger partial charge in [0.15, 0.2) is 11.5 Å². The number of nitrogens with zero attached hydrogens (tertiary/aromatic N) is 1. The van der Waals surface area contributed by atoms with Gasteiger partial charge in [0, 0.05) is 5.69 Å². The number of ether oxygens (including phenoxy) is 2. The molecular weight excluding hydrogens is 522 g/mol. The normalized spacial score (nSPS) is 11.9. The minimum Gasteiger partial charge on any atom is -0.508 e. The maximum Gasteiger partial charge on any atom is 0.305 e. The predicted octanol–water partition coefficient (Wildman–Crippen LogP) is 5.34. The van der Waals surface area contributed by atoms with Crippen LogP contribution >= 0.6 is 0 Å². The second kappa shape index (κ2) is 13.5. The Hall–Kier alpha value is -5.49. The van der Waals surface area contributed by atoms with Crippen LogP contribution in [0.4, 0.5) is 5.69 Å². The van der Waals surface area contributed by atoms with Gasteiger partial charge < -0.3 is 30.3 Å². The topological polar surface area (TPSA) is 141 Å². The molecule has 0 bridgehead atoms. The fourth-order valence-corrected chi connectivity index (χ4v) is 4.21. The lowest BCUT2D eigenvalue weighted by Gasteiger charge is -2.25. The largest absolute Gasteiger partial charge is 0.508 e. The lowest BCUT2D eigenvalue weighted by molar-refractivity contribution is -0.137. The van der Waals surface area contributed by atoms with Crippen LogP contribution in [0.5, 0.6) is 17.2 Å². The summed E-state index contributed by atoms with van der Waals surface area (Å²) in [6.45, 7) is 0.327. The van der Waals surface area contributed by atoms with E-state index in [4.69, 9.17) is 14.7 Å². The number of nitriles is 1. The van der Waals surface area contributed by atoms with E-state index in [1.165, 1.54) is 19.2 Å². The quantitative estimate of drug-likeness (QED) is 0.185. The highest BCUT2D eigenvalue weighted by Crippen LogP contribution is 2.33. The monoisotopic (exact) mass is 551 g/mol. The number of carbonyl (C=O) groups excluding carboxylic acids is 1. The van der Waals surface area contributed by atoms with Gasteiger partial charge >= 0.3 is 5.97 Å². The molecule has 4 aromatic rings. The molecule has 4 N–H and O–H groups in total. The molecule has 0 aliphatic carbocycles. The Kier molecular flexibility index (Phi) is 9.41. The molecule has 0 aliphatic rings. The smallest absolute Gasteiger partial charge is 0.305 e. The van der Waals surface area contributed by atoms with Crippen LogP contribution in [0, 0.1) is 11.3 Å². The van der Waals surface area contributed by atoms with Gasteiger partial charge in [-0.25, -0.2) is 0 Å². The fraction of sp³-hybridized carbons (Fsp3) is 0.156. The van der Waals surface area contributed by atoms with Crippen LogP contribution in [0.3, 0.4) is 0 Å². The first kappa shape index (κ1) is 28.5. The van der Waals surface area contributed by atoms with E-state index in [0.29, 0.717) is 40.5 Å². The van der Waals surface area contributed by atoms with Crippen molar-refractivity contribution in [3.8, 4) is 23.3 Å². The van der Waals surface area contributed by atoms with Crippen molar-refractivity contribution in [2.45, 2.75) is 25.1 Å². The molecule has 0 spiro atoms. The Bertz CT molecular complexity index is 1520. The zero-order chi connectivity index (χ0) is 29.2. The van der Waals surface area contributed by atoms with Crippen molar-refractivity contribution in [2.75, 3.05) is 12.4 Å². The van der Waals surface area contributed by atoms with Gasteiger partial charge in [-0.15, -0.1) is 0 Å². The number of carboxylic acid groups (broad SMARTS) is 1. The van der Waals surface area contributed by atoms with Crippen molar-refractivity contribution in [2.24, 2.45) is 0 Å². The average Bonchev–Trinajstić information content (AvgIpc) is 2.99. The summed E-state index contributed by atoms with van der Waals surface area (Å²) >= 11 is 0. The number of anilines is 1. The third-order valence-electron chi connectivity index (χ3n) is 6.34. The molecule has 4 rings (SSSR count). The third-order valence-corrected chi connectivity index (χ3v) is 6.34. The number of rotatable bonds is 12. The van der Waals surface area contributed by atoms with Crippen LogP contribution in [-0.4, -0.2) is 29.2 Å². The predicted molar refractivity (Wildman–Crippen MR) is 153 cm³/mol. The van der Waals surface area contributed by atoms with E-state index >= 15 is 0 Å². The Morgan fingerprint density at radius 1 is 0.902 bits per heavy atom. The summed E-state index contributed by atoms with van der Waals surface area (Å²) in [6, 6.07) is 27.7. The SMILES string of the molecule is COc1cc(C(Nc2ccc(C#N)cc2)C(=O)NC(CC(=O)O)c2ccc(O)cc2)ccc1OCc1ccccc1. The fourth-order valence-electron chi connectivity index (χ4n) is 4.21. The Balaban J connectivity index is 1.64. The zero-order valence-corrected chi connectivity index (χ0v) is 22.3. The molecule has 2 unspecified atom stereocenters. The maximum absolute atomic E-state index is 13.8. The van der Waals surface area contributed by atoms with E-state index in [0.717, 1.165) is 5.56 Å². The summed E-state index contributed by atoms with van der Waals surface area (Å²) in [5, 5.41) is 34.3. The number of carboxylic acids is 1. The first-order chi connectivity index (χ1) is 19.9. The summed E-state index contributed by atoms with van der Waals surface area (Å²) in [4.78, 5) is 25.4. The molecule has 0 saturated heterocycles. The van der Waals surface area contributed by atoms with Gasteiger partial charge in [-0.05, 0) is 65.2 Å². The minimum atomic E-state index is -1.10. The van der Waals surface area contributed by atoms with E-state index in [1.54, 1.807) is 54.6 Å². The molecule has 0 aliphatic heterocycles. The lowest BCUT2D eigenvalue weighted by atomic mass is 10.0. The summed E-state index contributed by atoms with van der Waals surface area (Å²) in [7, 11) is 1.51. The number of carbonyl (C=O) groups is 2. The standard InChI is InChI=1S/C32H29N3O6/c1-40-29-17-24(11-16-28(29)41-20-22-5-3-2-4-6-22)31(34-25-12-7-21(19-33)8-13-25)32(39)35-27(18-30(37)38)23-9-14-26(36)15-10-23/h2-17,27,31,34,36H,18,20H2,1H3,(H,35,39)(H,37,38). The van der Waals surface area contributed by atoms with Gasteiger partial charge in [-0.1, -0.05) is 48.5 Å². The highest BCUT2D eigenvalue weighted by Gasteiger charge is 2.26. The first-order valence-corrected chi connectivity index (χ1v) is 12.8. The van der Waals surface area contributed by atoms with E-state index in [-0.39, 0.29) is 12.2 Å². The first-order valence-electron chi connectivity index (χ1n) is 12.8. The Morgan fingerprint density at radius 2 is 1.59 bits per heavy atom. The van der Waals surface area contributed by atoms with Crippen molar-refractivity contribution in [3.05, 3.63) is 119 Å². The van der Waals surface area contributed by atoms with Crippen molar-refractivity contribution >= 4 is 17.6 Å². The van der Waals surface area contributed by atoms with E-state index in [1.807, 2.05) is 30.3 Å². The average molecular weight is 552 g/mol. The van der Waals surface area contributed by atoms with Crippen molar-refractivity contribution in [3.63, 3.8) is 0 Å². The zero-order valence-electron chi connectivity index (χ0n) is 22.3. The molecule has 208 valence electrons. The van der Waals surface area contributed by atoms with Crippen LogP contribution in [0.15, 0.2) is 97.1 Å². The number of aromatic hydroxyl groups is 1. The van der Waals surface area contributed by atoms with Gasteiger partial charge in [0.25, 0.3) is 0 Å². The van der Waals surface area contributed by atoms with Gasteiger partial charge in [-0.2, -0.15) is 5.26 Å². The number of hydrogen-bond donors (Lipinski definition) is 4. The van der Waals surface area contributed by atoms with Crippen molar-refractivity contribution < 1.29 is 29.3 Å². The molecule has 2 atom stereocenters. The Labute approximate surface area is 237 Å². The van der Waals surface area contributed by atoms with Crippen LogP contribution < -0.4 is 20.1 Å². The van der Waals surface area contributed by atoms with Gasteiger partial charge in [0.05, 0.1) is 31.2 Å². The summed E-state index contributed by atoms with van der Waals surface area (Å²) < 4.78 is 11.5. The highest BCUT2D eigenvalue weighted by molar-refractivity contribution is 5.87. The number of aliphatic carboxylic acids is 1. The van der Waals surface area contributed by atoms with Crippen LogP contribution in [0.25, 0.3) is 0 Å². The summed E-state index contributed by atoms with van der Waals surface area (Å²) in [5.41, 5.74) is 3.09. The van der Waals surface area contributed by atoms with Crippen molar-refractivity contribution in [1.29, 1.82) is 5.26 Å². The van der Waals surface area contributed by atoms with Crippen LogP contribution in [0.2, 0.25) is 0 Å². The molecule has 41 heavy (non-hydrogen) atoms. The van der Waals surface area contributed by atoms with Gasteiger partial charge in [0.1, 0.15) is 18.4 Å². The molecule has 9 heteroatoms. The highest BCUT2D eigenvalue weighted by atomic mass is 16.5. The lowest BCUT2D eigenvalue weighted by Crippen LogP contribution is -2.37. The van der Waals surface area contributed by atoms with Crippen molar-refractivity contribution in [1.82, 2.24) is 5.32 Å². The second-order valence-electron chi connectivity index (χ2n) is 9.20. The Morgan fingerprint density at radius 3 is 2.22 bits per heavy atom. The maximum atomic E-state index is 13.8. The summed E-state index contributed by atoms with van der Waals surface area (Å²) in [6.07, 6.45) is -0.365. The number of benzene rings is 4. The number of phenolic OH excluding ortho intramolecular Hbond substituents is 1. The third kappa shape index (κ3) is 7.77. The molecule has 0 fully saturated rings. The van der Waals surface area contributed by atoms with Crippen LogP contribution in [-0.2, 0) is 16.2 Å². The van der Waals surface area contributed by atoms with Crippen LogP contribution in [0.1, 0.15) is 40.8 Å². The number of methoxy groups -OCH3 is 1. The number of phenols is 1. The molecule has 0 heterocycles. The number of hydrogen-bond acceptors (Lipinski definition) is 7. The number of nitrogens with one attached hydrogen (secondary N) is 2. The van der Waals surface area contributed by atoms with Gasteiger partial charge in [-0.3, -0.25) is 9.59 Å². The molecular formula is C32H29N3O6. The van der Waals surface area contributed by atoms with E-state index in [2.05, 4.69) is 16.7 Å².